The van der Waals surface area contributed by atoms with Crippen LogP contribution < -0.4 is 14.8 Å². The fraction of sp³-hybridized carbons (Fsp3) is 0.182. The number of thiophene rings is 1. The highest BCUT2D eigenvalue weighted by Gasteiger charge is 2.33. The van der Waals surface area contributed by atoms with Gasteiger partial charge in [-0.05, 0) is 83.2 Å². The van der Waals surface area contributed by atoms with Crippen molar-refractivity contribution < 1.29 is 23.5 Å². The SMILES string of the molecule is COc1ccc(C2=NN(C(=O)CSc3nnc(CNC(=O)c4cccs4)n3-c3ccc(F)cc3)[C@@H](c3ccc(OC)cc3)C2)cc1. The molecule has 1 N–H and O–H groups in total. The summed E-state index contributed by atoms with van der Waals surface area (Å²) in [6.45, 7) is 0.0802. The third-order valence-electron chi connectivity index (χ3n) is 7.35. The van der Waals surface area contributed by atoms with Gasteiger partial charge in [0.2, 0.25) is 0 Å². The standard InChI is InChI=1S/C33H29FN6O4S2/c1-43-25-13-5-21(6-14-25)27-18-28(22-7-15-26(44-2)16-8-22)40(38-27)31(41)20-46-33-37-36-30(19-35-32(42)29-4-3-17-45-29)39(33)24-11-9-23(34)10-12-24/h3-17,28H,18-20H2,1-2H3,(H,35,42)/t28-/m1/s1. The number of aromatic nitrogens is 3. The van der Waals surface area contributed by atoms with Crippen molar-refractivity contribution in [2.24, 2.45) is 5.10 Å². The molecular formula is C33H29FN6O4S2. The van der Waals surface area contributed by atoms with Crippen molar-refractivity contribution in [1.29, 1.82) is 0 Å². The molecule has 0 aliphatic carbocycles. The highest BCUT2D eigenvalue weighted by atomic mass is 32.2. The van der Waals surface area contributed by atoms with Crippen molar-refractivity contribution in [2.45, 2.75) is 24.2 Å². The summed E-state index contributed by atoms with van der Waals surface area (Å²) in [5.41, 5.74) is 3.19. The van der Waals surface area contributed by atoms with Crippen LogP contribution in [0.2, 0.25) is 0 Å². The number of methoxy groups -OCH3 is 2. The third kappa shape index (κ3) is 6.80. The number of halogens is 1. The lowest BCUT2D eigenvalue weighted by Crippen LogP contribution is -2.28. The van der Waals surface area contributed by atoms with Gasteiger partial charge < -0.3 is 14.8 Å². The first-order valence-electron chi connectivity index (χ1n) is 14.3. The van der Waals surface area contributed by atoms with Gasteiger partial charge in [-0.15, -0.1) is 21.5 Å². The van der Waals surface area contributed by atoms with Crippen molar-refractivity contribution >= 4 is 40.6 Å². The molecule has 0 saturated heterocycles. The maximum atomic E-state index is 13.8. The van der Waals surface area contributed by atoms with E-state index in [0.29, 0.717) is 33.7 Å². The average Bonchev–Trinajstić information content (AvgIpc) is 3.87. The van der Waals surface area contributed by atoms with Crippen molar-refractivity contribution in [3.8, 4) is 17.2 Å². The Morgan fingerprint density at radius 1 is 0.957 bits per heavy atom. The molecule has 2 amide bonds. The van der Waals surface area contributed by atoms with E-state index < -0.39 is 5.82 Å². The number of thioether (sulfide) groups is 1. The predicted molar refractivity (Wildman–Crippen MR) is 174 cm³/mol. The molecule has 13 heteroatoms. The Hall–Kier alpha value is -5.01. The maximum Gasteiger partial charge on any atom is 0.261 e. The predicted octanol–water partition coefficient (Wildman–Crippen LogP) is 5.89. The van der Waals surface area contributed by atoms with Crippen LogP contribution in [0.3, 0.4) is 0 Å². The van der Waals surface area contributed by atoms with E-state index in [1.54, 1.807) is 43.1 Å². The van der Waals surface area contributed by atoms with Crippen molar-refractivity contribution in [3.05, 3.63) is 118 Å². The van der Waals surface area contributed by atoms with Crippen molar-refractivity contribution in [3.63, 3.8) is 0 Å². The third-order valence-corrected chi connectivity index (χ3v) is 9.13. The molecule has 0 saturated carbocycles. The minimum Gasteiger partial charge on any atom is -0.497 e. The minimum atomic E-state index is -0.391. The monoisotopic (exact) mass is 656 g/mol. The lowest BCUT2D eigenvalue weighted by molar-refractivity contribution is -0.130. The van der Waals surface area contributed by atoms with Gasteiger partial charge in [-0.3, -0.25) is 14.2 Å². The number of hydrogen-bond acceptors (Lipinski definition) is 9. The number of carbonyl (C=O) groups excluding carboxylic acids is 2. The Labute approximate surface area is 272 Å². The normalized spacial score (nSPS) is 14.2. The second-order valence-corrected chi connectivity index (χ2v) is 12.1. The summed E-state index contributed by atoms with van der Waals surface area (Å²) >= 11 is 2.52. The summed E-state index contributed by atoms with van der Waals surface area (Å²) in [5.74, 6) is 1.03. The van der Waals surface area contributed by atoms with E-state index in [9.17, 15) is 14.0 Å². The van der Waals surface area contributed by atoms with Gasteiger partial charge >= 0.3 is 0 Å². The van der Waals surface area contributed by atoms with Crippen LogP contribution in [0.15, 0.2) is 101 Å². The van der Waals surface area contributed by atoms with E-state index in [-0.39, 0.29) is 30.2 Å². The molecule has 1 aliphatic heterocycles. The lowest BCUT2D eigenvalue weighted by Gasteiger charge is -2.22. The molecule has 1 atom stereocenters. The Balaban J connectivity index is 1.25. The fourth-order valence-electron chi connectivity index (χ4n) is 4.99. The molecule has 234 valence electrons. The highest BCUT2D eigenvalue weighted by molar-refractivity contribution is 7.99. The Bertz CT molecular complexity index is 1840. The summed E-state index contributed by atoms with van der Waals surface area (Å²) in [5, 5.41) is 20.0. The van der Waals surface area contributed by atoms with Crippen LogP contribution in [0.1, 0.15) is 39.1 Å². The summed E-state index contributed by atoms with van der Waals surface area (Å²) in [6, 6.07) is 24.3. The summed E-state index contributed by atoms with van der Waals surface area (Å²) in [4.78, 5) is 27.0. The summed E-state index contributed by atoms with van der Waals surface area (Å²) < 4.78 is 26.1. The minimum absolute atomic E-state index is 0.00687. The molecule has 46 heavy (non-hydrogen) atoms. The number of nitrogens with zero attached hydrogens (tertiary/aromatic N) is 5. The van der Waals surface area contributed by atoms with Gasteiger partial charge in [0, 0.05) is 12.1 Å². The molecule has 0 spiro atoms. The quantitative estimate of drug-likeness (QED) is 0.177. The van der Waals surface area contributed by atoms with E-state index in [0.717, 1.165) is 22.6 Å². The van der Waals surface area contributed by atoms with Crippen LogP contribution in [-0.2, 0) is 11.3 Å². The zero-order valence-corrected chi connectivity index (χ0v) is 26.6. The summed E-state index contributed by atoms with van der Waals surface area (Å²) in [6.07, 6.45) is 0.523. The smallest absolute Gasteiger partial charge is 0.261 e. The van der Waals surface area contributed by atoms with E-state index in [1.165, 1.54) is 40.2 Å². The zero-order chi connectivity index (χ0) is 32.0. The number of hydrazone groups is 1. The molecule has 6 rings (SSSR count). The fourth-order valence-corrected chi connectivity index (χ4v) is 6.45. The van der Waals surface area contributed by atoms with Gasteiger partial charge in [-0.25, -0.2) is 9.40 Å². The first-order valence-corrected chi connectivity index (χ1v) is 16.1. The molecule has 3 aromatic carbocycles. The maximum absolute atomic E-state index is 13.8. The van der Waals surface area contributed by atoms with Crippen LogP contribution >= 0.6 is 23.1 Å². The van der Waals surface area contributed by atoms with Gasteiger partial charge in [-0.1, -0.05) is 30.0 Å². The molecule has 0 bridgehead atoms. The lowest BCUT2D eigenvalue weighted by atomic mass is 9.98. The van der Waals surface area contributed by atoms with Gasteiger partial charge in [0.1, 0.15) is 17.3 Å². The second kappa shape index (κ2) is 14.0. The first-order chi connectivity index (χ1) is 22.4. The average molecular weight is 657 g/mol. The van der Waals surface area contributed by atoms with Gasteiger partial charge in [0.25, 0.3) is 11.8 Å². The number of hydrogen-bond donors (Lipinski definition) is 1. The number of benzene rings is 3. The van der Waals surface area contributed by atoms with Gasteiger partial charge in [-0.2, -0.15) is 5.10 Å². The van der Waals surface area contributed by atoms with Crippen molar-refractivity contribution in [2.75, 3.05) is 20.0 Å². The number of nitrogens with one attached hydrogen (secondary N) is 1. The molecule has 3 heterocycles. The van der Waals surface area contributed by atoms with Crippen LogP contribution in [0.5, 0.6) is 11.5 Å². The van der Waals surface area contributed by atoms with Gasteiger partial charge in [0.15, 0.2) is 11.0 Å². The topological polar surface area (TPSA) is 111 Å². The number of carbonyl (C=O) groups is 2. The second-order valence-electron chi connectivity index (χ2n) is 10.2. The Morgan fingerprint density at radius 2 is 1.65 bits per heavy atom. The largest absolute Gasteiger partial charge is 0.497 e. The molecule has 0 unspecified atom stereocenters. The van der Waals surface area contributed by atoms with E-state index >= 15 is 0 Å². The summed E-state index contributed by atoms with van der Waals surface area (Å²) in [7, 11) is 3.22. The Kier molecular flexibility index (Phi) is 9.41. The van der Waals surface area contributed by atoms with Crippen LogP contribution in [0, 0.1) is 5.82 Å². The molecule has 2 aromatic heterocycles. The molecular weight excluding hydrogens is 628 g/mol. The first kappa shape index (κ1) is 31.0. The van der Waals surface area contributed by atoms with E-state index in [1.807, 2.05) is 53.9 Å². The zero-order valence-electron chi connectivity index (χ0n) is 24.9. The van der Waals surface area contributed by atoms with Crippen LogP contribution in [0.4, 0.5) is 4.39 Å². The van der Waals surface area contributed by atoms with E-state index in [4.69, 9.17) is 14.6 Å². The van der Waals surface area contributed by atoms with Crippen molar-refractivity contribution in [1.82, 2.24) is 25.1 Å². The molecule has 0 fully saturated rings. The van der Waals surface area contributed by atoms with Crippen LogP contribution in [0.25, 0.3) is 5.69 Å². The molecule has 10 nitrogen and oxygen atoms in total. The van der Waals surface area contributed by atoms with E-state index in [2.05, 4.69) is 15.5 Å². The number of amides is 2. The van der Waals surface area contributed by atoms with Crippen LogP contribution in [-0.4, -0.2) is 57.3 Å². The van der Waals surface area contributed by atoms with Gasteiger partial charge in [0.05, 0.1) is 43.1 Å². The number of rotatable bonds is 11. The molecule has 5 aromatic rings. The Morgan fingerprint density at radius 3 is 2.30 bits per heavy atom. The molecule has 1 aliphatic rings. The number of ether oxygens (including phenoxy) is 2. The molecule has 0 radical (unpaired) electrons. The highest BCUT2D eigenvalue weighted by Crippen LogP contribution is 2.35.